The van der Waals surface area contributed by atoms with Crippen molar-refractivity contribution in [1.82, 2.24) is 5.32 Å². The quantitative estimate of drug-likeness (QED) is 0.0421. The number of aliphatic hydroxyl groups is 2. The Morgan fingerprint density at radius 1 is 0.375 bits per heavy atom. The van der Waals surface area contributed by atoms with Gasteiger partial charge in [-0.25, -0.2) is 0 Å². The number of nitrogens with one attached hydrogen (secondary N) is 1. The third-order valence-electron chi connectivity index (χ3n) is 14.0. The molecule has 3 N–H and O–H groups in total. The van der Waals surface area contributed by atoms with Crippen molar-refractivity contribution in [2.45, 2.75) is 347 Å². The van der Waals surface area contributed by atoms with Crippen molar-refractivity contribution in [2.24, 2.45) is 0 Å². The standard InChI is InChI=1S/C60H117NO3/c1-3-5-7-9-11-13-15-17-18-19-20-21-22-23-24-25-26-27-28-29-30-31-32-33-34-35-36-37-38-39-40-41-42-44-46-48-50-52-54-56-60(64)61-58(57-62)59(63)55-53-51-49-47-45-43-16-14-12-10-8-6-4-2/h15,17,19-20,58-59,62-63H,3-14,16,18,21-57H2,1-2H3,(H,61,64)/b17-15-,20-19-. The SMILES string of the molecule is CCCCCCC/C=C\C/C=C\CCCCCCCCCCCCCCCCCCCCCCCCCCCCCC(=O)NC(CO)C(O)CCCCCCCCCCCCCCC. The molecule has 0 aliphatic rings. The van der Waals surface area contributed by atoms with E-state index in [1.54, 1.807) is 0 Å². The van der Waals surface area contributed by atoms with E-state index < -0.39 is 12.1 Å². The highest BCUT2D eigenvalue weighted by atomic mass is 16.3. The molecule has 0 fully saturated rings. The third kappa shape index (κ3) is 51.8. The van der Waals surface area contributed by atoms with E-state index in [4.69, 9.17) is 0 Å². The molecule has 1 amide bonds. The molecule has 0 aliphatic heterocycles. The van der Waals surface area contributed by atoms with E-state index in [-0.39, 0.29) is 12.5 Å². The Hall–Kier alpha value is -1.13. The molecule has 2 atom stereocenters. The third-order valence-corrected chi connectivity index (χ3v) is 14.0. The maximum Gasteiger partial charge on any atom is 0.220 e. The van der Waals surface area contributed by atoms with E-state index in [1.165, 1.54) is 276 Å². The molecule has 0 saturated carbocycles. The molecule has 4 heteroatoms. The second-order valence-corrected chi connectivity index (χ2v) is 20.4. The lowest BCUT2D eigenvalue weighted by Gasteiger charge is -2.22. The number of carbonyl (C=O) groups is 1. The summed E-state index contributed by atoms with van der Waals surface area (Å²) < 4.78 is 0. The van der Waals surface area contributed by atoms with Crippen molar-refractivity contribution in [1.29, 1.82) is 0 Å². The van der Waals surface area contributed by atoms with E-state index in [2.05, 4.69) is 43.5 Å². The van der Waals surface area contributed by atoms with Crippen molar-refractivity contribution >= 4 is 5.91 Å². The van der Waals surface area contributed by atoms with Crippen LogP contribution >= 0.6 is 0 Å². The van der Waals surface area contributed by atoms with Gasteiger partial charge in [0, 0.05) is 6.42 Å². The first-order chi connectivity index (χ1) is 31.7. The second kappa shape index (κ2) is 56.2. The molecule has 0 aromatic rings. The van der Waals surface area contributed by atoms with Crippen LogP contribution in [0.25, 0.3) is 0 Å². The number of unbranched alkanes of at least 4 members (excludes halogenated alkanes) is 44. The number of hydrogen-bond donors (Lipinski definition) is 3. The number of amides is 1. The number of rotatable bonds is 55. The minimum absolute atomic E-state index is 0.0250. The van der Waals surface area contributed by atoms with E-state index in [0.29, 0.717) is 12.8 Å². The average molecular weight is 901 g/mol. The summed E-state index contributed by atoms with van der Waals surface area (Å²) in [4.78, 5) is 12.5. The lowest BCUT2D eigenvalue weighted by atomic mass is 10.0. The zero-order valence-corrected chi connectivity index (χ0v) is 43.8. The molecule has 0 bridgehead atoms. The molecule has 4 nitrogen and oxygen atoms in total. The highest BCUT2D eigenvalue weighted by Gasteiger charge is 2.20. The lowest BCUT2D eigenvalue weighted by molar-refractivity contribution is -0.123. The fourth-order valence-electron chi connectivity index (χ4n) is 9.45. The minimum Gasteiger partial charge on any atom is -0.394 e. The van der Waals surface area contributed by atoms with Gasteiger partial charge in [-0.2, -0.15) is 0 Å². The van der Waals surface area contributed by atoms with Gasteiger partial charge >= 0.3 is 0 Å². The highest BCUT2D eigenvalue weighted by molar-refractivity contribution is 5.76. The summed E-state index contributed by atoms with van der Waals surface area (Å²) in [5.41, 5.74) is 0. The Kier molecular flexibility index (Phi) is 55.2. The van der Waals surface area contributed by atoms with Crippen LogP contribution in [-0.4, -0.2) is 34.9 Å². The minimum atomic E-state index is -0.655. The van der Waals surface area contributed by atoms with Crippen LogP contribution in [-0.2, 0) is 4.79 Å². The summed E-state index contributed by atoms with van der Waals surface area (Å²) in [5.74, 6) is -0.0250. The Labute approximate surface area is 402 Å². The molecule has 0 saturated heterocycles. The first-order valence-electron chi connectivity index (χ1n) is 29.5. The predicted octanol–water partition coefficient (Wildman–Crippen LogP) is 19.5. The number of allylic oxidation sites excluding steroid dienone is 4. The summed E-state index contributed by atoms with van der Waals surface area (Å²) in [6.45, 7) is 4.37. The number of aliphatic hydroxyl groups excluding tert-OH is 2. The monoisotopic (exact) mass is 900 g/mol. The van der Waals surface area contributed by atoms with E-state index >= 15 is 0 Å². The van der Waals surface area contributed by atoms with Gasteiger partial charge in [0.1, 0.15) is 0 Å². The zero-order chi connectivity index (χ0) is 46.3. The molecule has 0 heterocycles. The molecule has 0 spiro atoms. The Balaban J connectivity index is 3.34. The molecular formula is C60H117NO3. The van der Waals surface area contributed by atoms with Gasteiger partial charge in [-0.1, -0.05) is 308 Å². The summed E-state index contributed by atoms with van der Waals surface area (Å²) in [5, 5.41) is 23.2. The molecule has 0 aromatic carbocycles. The van der Waals surface area contributed by atoms with Crippen LogP contribution in [0.15, 0.2) is 24.3 Å². The normalized spacial score (nSPS) is 12.9. The molecule has 0 aromatic heterocycles. The molecule has 2 unspecified atom stereocenters. The van der Waals surface area contributed by atoms with Crippen LogP contribution in [0.5, 0.6) is 0 Å². The van der Waals surface area contributed by atoms with Gasteiger partial charge in [0.2, 0.25) is 5.91 Å². The van der Waals surface area contributed by atoms with Crippen LogP contribution < -0.4 is 5.32 Å². The van der Waals surface area contributed by atoms with E-state index in [9.17, 15) is 15.0 Å². The van der Waals surface area contributed by atoms with Crippen LogP contribution in [0, 0.1) is 0 Å². The fraction of sp³-hybridized carbons (Fsp3) is 0.917. The van der Waals surface area contributed by atoms with Crippen LogP contribution in [0.2, 0.25) is 0 Å². The van der Waals surface area contributed by atoms with Crippen molar-refractivity contribution < 1.29 is 15.0 Å². The van der Waals surface area contributed by atoms with Gasteiger partial charge in [-0.05, 0) is 44.9 Å². The number of carbonyl (C=O) groups excluding carboxylic acids is 1. The van der Waals surface area contributed by atoms with Gasteiger partial charge in [-0.15, -0.1) is 0 Å². The van der Waals surface area contributed by atoms with Crippen molar-refractivity contribution in [2.75, 3.05) is 6.61 Å². The van der Waals surface area contributed by atoms with Gasteiger partial charge in [0.25, 0.3) is 0 Å². The lowest BCUT2D eigenvalue weighted by Crippen LogP contribution is -2.45. The second-order valence-electron chi connectivity index (χ2n) is 20.4. The Bertz CT molecular complexity index is 932. The van der Waals surface area contributed by atoms with Crippen molar-refractivity contribution in [3.63, 3.8) is 0 Å². The smallest absolute Gasteiger partial charge is 0.220 e. The van der Waals surface area contributed by atoms with Crippen LogP contribution in [0.4, 0.5) is 0 Å². The van der Waals surface area contributed by atoms with Crippen LogP contribution in [0.1, 0.15) is 335 Å². The average Bonchev–Trinajstić information content (AvgIpc) is 3.30. The van der Waals surface area contributed by atoms with Gasteiger partial charge in [0.05, 0.1) is 18.8 Å². The topological polar surface area (TPSA) is 69.6 Å². The van der Waals surface area contributed by atoms with Gasteiger partial charge in [-0.3, -0.25) is 4.79 Å². The van der Waals surface area contributed by atoms with Crippen LogP contribution in [0.3, 0.4) is 0 Å². The molecule has 380 valence electrons. The van der Waals surface area contributed by atoms with E-state index in [1.807, 2.05) is 0 Å². The zero-order valence-electron chi connectivity index (χ0n) is 43.8. The first kappa shape index (κ1) is 62.9. The largest absolute Gasteiger partial charge is 0.394 e. The van der Waals surface area contributed by atoms with Crippen molar-refractivity contribution in [3.8, 4) is 0 Å². The maximum absolute atomic E-state index is 12.5. The molecule has 64 heavy (non-hydrogen) atoms. The highest BCUT2D eigenvalue weighted by Crippen LogP contribution is 2.18. The fourth-order valence-corrected chi connectivity index (χ4v) is 9.45. The summed E-state index contributed by atoms with van der Waals surface area (Å²) >= 11 is 0. The maximum atomic E-state index is 12.5. The molecule has 0 radical (unpaired) electrons. The summed E-state index contributed by atoms with van der Waals surface area (Å²) in [6, 6.07) is -0.532. The molecule has 0 rings (SSSR count). The van der Waals surface area contributed by atoms with Crippen molar-refractivity contribution in [3.05, 3.63) is 24.3 Å². The summed E-state index contributed by atoms with van der Waals surface area (Å²) in [6.07, 6.45) is 74.8. The number of hydrogen-bond acceptors (Lipinski definition) is 3. The molecular weight excluding hydrogens is 783 g/mol. The predicted molar refractivity (Wildman–Crippen MR) is 286 cm³/mol. The Morgan fingerprint density at radius 3 is 0.938 bits per heavy atom. The van der Waals surface area contributed by atoms with E-state index in [0.717, 1.165) is 32.1 Å². The first-order valence-corrected chi connectivity index (χ1v) is 29.5. The Morgan fingerprint density at radius 2 is 0.641 bits per heavy atom. The molecule has 0 aliphatic carbocycles. The van der Waals surface area contributed by atoms with Gasteiger partial charge in [0.15, 0.2) is 0 Å². The summed E-state index contributed by atoms with van der Waals surface area (Å²) in [7, 11) is 0. The van der Waals surface area contributed by atoms with Gasteiger partial charge < -0.3 is 15.5 Å².